The number of hydrogen-bond donors (Lipinski definition) is 1. The second kappa shape index (κ2) is 7.51. The van der Waals surface area contributed by atoms with Gasteiger partial charge in [0.2, 0.25) is 0 Å². The highest BCUT2D eigenvalue weighted by atomic mass is 16.5. The Labute approximate surface area is 129 Å². The Balaban J connectivity index is 2.19. The molecule has 1 N–H and O–H groups in total. The fraction of sp³-hybridized carbons (Fsp3) is 0.312. The number of carboxylic acid groups (broad SMARTS) is 1. The summed E-state index contributed by atoms with van der Waals surface area (Å²) in [5, 5.41) is 9.27. The van der Waals surface area contributed by atoms with Gasteiger partial charge in [-0.25, -0.2) is 9.78 Å². The van der Waals surface area contributed by atoms with Crippen LogP contribution in [0.5, 0.6) is 6.01 Å². The van der Waals surface area contributed by atoms with E-state index < -0.39 is 5.97 Å². The fourth-order valence-corrected chi connectivity index (χ4v) is 1.95. The van der Waals surface area contributed by atoms with Crippen molar-refractivity contribution >= 4 is 5.97 Å². The van der Waals surface area contributed by atoms with E-state index in [2.05, 4.69) is 14.9 Å². The van der Waals surface area contributed by atoms with E-state index >= 15 is 0 Å². The molecule has 0 aliphatic carbocycles. The second-order valence-electron chi connectivity index (χ2n) is 5.09. The van der Waals surface area contributed by atoms with Crippen LogP contribution in [-0.4, -0.2) is 53.2 Å². The fourth-order valence-electron chi connectivity index (χ4n) is 1.95. The van der Waals surface area contributed by atoms with Crippen LogP contribution in [0, 0.1) is 0 Å². The molecule has 1 heterocycles. The zero-order valence-corrected chi connectivity index (χ0v) is 12.7. The van der Waals surface area contributed by atoms with Crippen LogP contribution in [0.15, 0.2) is 36.5 Å². The summed E-state index contributed by atoms with van der Waals surface area (Å²) in [5.41, 5.74) is 1.15. The smallest absolute Gasteiger partial charge is 0.339 e. The number of ether oxygens (including phenoxy) is 1. The van der Waals surface area contributed by atoms with Gasteiger partial charge < -0.3 is 14.7 Å². The zero-order valence-electron chi connectivity index (χ0n) is 12.7. The summed E-state index contributed by atoms with van der Waals surface area (Å²) in [5.74, 6) is -1.06. The van der Waals surface area contributed by atoms with Gasteiger partial charge in [0.1, 0.15) is 5.56 Å². The number of hydrogen-bond acceptors (Lipinski definition) is 5. The summed E-state index contributed by atoms with van der Waals surface area (Å²) >= 11 is 0. The third-order valence-corrected chi connectivity index (χ3v) is 3.03. The Morgan fingerprint density at radius 1 is 1.27 bits per heavy atom. The lowest BCUT2D eigenvalue weighted by Crippen LogP contribution is -2.16. The Kier molecular flexibility index (Phi) is 5.43. The molecule has 0 aliphatic heterocycles. The molecule has 0 fully saturated rings. The molecule has 0 radical (unpaired) electrons. The van der Waals surface area contributed by atoms with Crippen molar-refractivity contribution in [3.63, 3.8) is 0 Å². The van der Waals surface area contributed by atoms with E-state index in [0.29, 0.717) is 12.3 Å². The number of aromatic nitrogens is 2. The maximum atomic E-state index is 11.3. The molecule has 0 spiro atoms. The first-order chi connectivity index (χ1) is 10.6. The molecule has 0 saturated carbocycles. The van der Waals surface area contributed by atoms with Gasteiger partial charge in [0.15, 0.2) is 0 Å². The summed E-state index contributed by atoms with van der Waals surface area (Å²) in [6.07, 6.45) is 2.14. The van der Waals surface area contributed by atoms with E-state index in [4.69, 9.17) is 4.74 Å². The summed E-state index contributed by atoms with van der Waals surface area (Å²) in [6.45, 7) is 1.39. The zero-order chi connectivity index (χ0) is 15.9. The molecule has 1 aromatic carbocycles. The Morgan fingerprint density at radius 3 is 2.64 bits per heavy atom. The molecule has 0 aliphatic rings. The van der Waals surface area contributed by atoms with Crippen LogP contribution in [0.3, 0.4) is 0 Å². The number of carboxylic acids is 1. The molecule has 0 amide bonds. The van der Waals surface area contributed by atoms with Crippen molar-refractivity contribution in [3.8, 4) is 17.3 Å². The van der Waals surface area contributed by atoms with Crippen LogP contribution in [-0.2, 0) is 0 Å². The average Bonchev–Trinajstić information content (AvgIpc) is 2.52. The molecule has 0 atom stereocenters. The number of rotatable bonds is 7. The highest BCUT2D eigenvalue weighted by Gasteiger charge is 2.15. The highest BCUT2D eigenvalue weighted by molar-refractivity contribution is 5.94. The normalized spacial score (nSPS) is 10.7. The van der Waals surface area contributed by atoms with Gasteiger partial charge in [0.25, 0.3) is 0 Å². The lowest BCUT2D eigenvalue weighted by Gasteiger charge is -2.11. The van der Waals surface area contributed by atoms with Gasteiger partial charge in [-0.3, -0.25) is 0 Å². The minimum absolute atomic E-state index is 0.0619. The first kappa shape index (κ1) is 15.9. The Bertz CT molecular complexity index is 630. The predicted octanol–water partition coefficient (Wildman–Crippen LogP) is 2.17. The number of aromatic carboxylic acids is 1. The molecule has 0 unspecified atom stereocenters. The summed E-state index contributed by atoms with van der Waals surface area (Å²) in [4.78, 5) is 21.6. The first-order valence-corrected chi connectivity index (χ1v) is 7.01. The van der Waals surface area contributed by atoms with Crippen molar-refractivity contribution < 1.29 is 14.6 Å². The van der Waals surface area contributed by atoms with Crippen LogP contribution in [0.1, 0.15) is 16.8 Å². The molecular formula is C16H19N3O3. The largest absolute Gasteiger partial charge is 0.478 e. The Morgan fingerprint density at radius 2 is 2.00 bits per heavy atom. The van der Waals surface area contributed by atoms with Gasteiger partial charge in [0, 0.05) is 18.3 Å². The lowest BCUT2D eigenvalue weighted by molar-refractivity contribution is 0.0696. The minimum atomic E-state index is -1.06. The minimum Gasteiger partial charge on any atom is -0.478 e. The standard InChI is InChI=1S/C16H19N3O3/c1-19(2)9-6-10-22-16-17-11-13(15(20)21)14(18-16)12-7-4-3-5-8-12/h3-5,7-8,11H,6,9-10H2,1-2H3,(H,20,21). The summed E-state index contributed by atoms with van der Waals surface area (Å²) in [7, 11) is 3.98. The SMILES string of the molecule is CN(C)CCCOc1ncc(C(=O)O)c(-c2ccccc2)n1. The van der Waals surface area contributed by atoms with Gasteiger partial charge in [-0.15, -0.1) is 0 Å². The van der Waals surface area contributed by atoms with Crippen LogP contribution >= 0.6 is 0 Å². The van der Waals surface area contributed by atoms with Gasteiger partial charge in [-0.2, -0.15) is 4.98 Å². The van der Waals surface area contributed by atoms with Crippen LogP contribution < -0.4 is 4.74 Å². The second-order valence-corrected chi connectivity index (χ2v) is 5.09. The molecule has 2 rings (SSSR count). The monoisotopic (exact) mass is 301 g/mol. The maximum absolute atomic E-state index is 11.3. The number of nitrogens with zero attached hydrogens (tertiary/aromatic N) is 3. The molecule has 6 heteroatoms. The predicted molar refractivity (Wildman–Crippen MR) is 83.1 cm³/mol. The van der Waals surface area contributed by atoms with E-state index in [1.807, 2.05) is 44.4 Å². The van der Waals surface area contributed by atoms with E-state index in [-0.39, 0.29) is 11.6 Å². The molecule has 0 bridgehead atoms. The number of carbonyl (C=O) groups is 1. The first-order valence-electron chi connectivity index (χ1n) is 7.01. The number of benzene rings is 1. The molecular weight excluding hydrogens is 282 g/mol. The van der Waals surface area contributed by atoms with Gasteiger partial charge >= 0.3 is 12.0 Å². The highest BCUT2D eigenvalue weighted by Crippen LogP contribution is 2.22. The lowest BCUT2D eigenvalue weighted by atomic mass is 10.1. The van der Waals surface area contributed by atoms with Crippen molar-refractivity contribution in [2.24, 2.45) is 0 Å². The molecule has 22 heavy (non-hydrogen) atoms. The molecule has 116 valence electrons. The quantitative estimate of drug-likeness (QED) is 0.790. The van der Waals surface area contributed by atoms with Crippen molar-refractivity contribution in [2.45, 2.75) is 6.42 Å². The van der Waals surface area contributed by atoms with E-state index in [9.17, 15) is 9.90 Å². The molecule has 1 aromatic heterocycles. The van der Waals surface area contributed by atoms with Gasteiger partial charge in [-0.1, -0.05) is 30.3 Å². The third kappa shape index (κ3) is 4.26. The van der Waals surface area contributed by atoms with Crippen molar-refractivity contribution in [1.29, 1.82) is 0 Å². The van der Waals surface area contributed by atoms with Crippen molar-refractivity contribution in [2.75, 3.05) is 27.2 Å². The summed E-state index contributed by atoms with van der Waals surface area (Å²) < 4.78 is 5.51. The summed E-state index contributed by atoms with van der Waals surface area (Å²) in [6, 6.07) is 9.35. The van der Waals surface area contributed by atoms with Crippen LogP contribution in [0.2, 0.25) is 0 Å². The van der Waals surface area contributed by atoms with Gasteiger partial charge in [-0.05, 0) is 20.5 Å². The maximum Gasteiger partial charge on any atom is 0.339 e. The molecule has 6 nitrogen and oxygen atoms in total. The third-order valence-electron chi connectivity index (χ3n) is 3.03. The Hall–Kier alpha value is -2.47. The molecule has 2 aromatic rings. The van der Waals surface area contributed by atoms with Crippen LogP contribution in [0.4, 0.5) is 0 Å². The van der Waals surface area contributed by atoms with Gasteiger partial charge in [0.05, 0.1) is 12.3 Å². The van der Waals surface area contributed by atoms with Crippen LogP contribution in [0.25, 0.3) is 11.3 Å². The van der Waals surface area contributed by atoms with E-state index in [0.717, 1.165) is 18.5 Å². The van der Waals surface area contributed by atoms with E-state index in [1.165, 1.54) is 6.20 Å². The molecule has 0 saturated heterocycles. The average molecular weight is 301 g/mol. The van der Waals surface area contributed by atoms with Crippen molar-refractivity contribution in [1.82, 2.24) is 14.9 Å². The van der Waals surface area contributed by atoms with E-state index in [1.54, 1.807) is 0 Å². The van der Waals surface area contributed by atoms with Crippen molar-refractivity contribution in [3.05, 3.63) is 42.1 Å². The topological polar surface area (TPSA) is 75.5 Å².